The molecule has 1 aliphatic heterocycles. The zero-order valence-electron chi connectivity index (χ0n) is 10.6. The number of aliphatic hydroxyl groups is 1. The zero-order chi connectivity index (χ0) is 12.1. The average molecular weight is 234 g/mol. The van der Waals surface area contributed by atoms with Crippen LogP contribution in [0.4, 0.5) is 0 Å². The highest BCUT2D eigenvalue weighted by Gasteiger charge is 2.11. The SMILES string of the molecule is CN1CCCN(Cc2ccc(CO)cc2)CC1. The topological polar surface area (TPSA) is 26.7 Å². The molecule has 1 aromatic rings. The molecule has 2 rings (SSSR count). The van der Waals surface area contributed by atoms with Crippen LogP contribution in [-0.2, 0) is 13.2 Å². The molecule has 0 spiro atoms. The van der Waals surface area contributed by atoms with Gasteiger partial charge in [-0.05, 0) is 37.7 Å². The summed E-state index contributed by atoms with van der Waals surface area (Å²) < 4.78 is 0. The molecule has 3 nitrogen and oxygen atoms in total. The molecule has 0 aromatic heterocycles. The van der Waals surface area contributed by atoms with E-state index in [9.17, 15) is 0 Å². The third kappa shape index (κ3) is 3.80. The van der Waals surface area contributed by atoms with E-state index >= 15 is 0 Å². The molecule has 0 bridgehead atoms. The van der Waals surface area contributed by atoms with E-state index in [2.05, 4.69) is 29.0 Å². The van der Waals surface area contributed by atoms with Gasteiger partial charge in [-0.25, -0.2) is 0 Å². The third-order valence-electron chi connectivity index (χ3n) is 3.42. The van der Waals surface area contributed by atoms with E-state index in [0.717, 1.165) is 25.2 Å². The number of aliphatic hydroxyl groups excluding tert-OH is 1. The van der Waals surface area contributed by atoms with E-state index in [1.165, 1.54) is 25.1 Å². The van der Waals surface area contributed by atoms with Gasteiger partial charge in [0.2, 0.25) is 0 Å². The lowest BCUT2D eigenvalue weighted by molar-refractivity contribution is 0.269. The molecule has 1 aliphatic rings. The second kappa shape index (κ2) is 6.15. The molecule has 0 radical (unpaired) electrons. The second-order valence-corrected chi connectivity index (χ2v) is 4.91. The summed E-state index contributed by atoms with van der Waals surface area (Å²) in [7, 11) is 2.19. The van der Waals surface area contributed by atoms with Crippen molar-refractivity contribution in [3.05, 3.63) is 35.4 Å². The van der Waals surface area contributed by atoms with Gasteiger partial charge in [-0.2, -0.15) is 0 Å². The molecule has 3 heteroatoms. The summed E-state index contributed by atoms with van der Waals surface area (Å²) in [6.07, 6.45) is 1.26. The standard InChI is InChI=1S/C14H22N2O/c1-15-7-2-8-16(10-9-15)11-13-3-5-14(12-17)6-4-13/h3-6,17H,2,7-12H2,1H3. The number of rotatable bonds is 3. The van der Waals surface area contributed by atoms with Crippen LogP contribution in [0.2, 0.25) is 0 Å². The van der Waals surface area contributed by atoms with Crippen molar-refractivity contribution in [1.82, 2.24) is 9.80 Å². The minimum atomic E-state index is 0.134. The van der Waals surface area contributed by atoms with Crippen molar-refractivity contribution >= 4 is 0 Å². The van der Waals surface area contributed by atoms with Crippen molar-refractivity contribution in [2.24, 2.45) is 0 Å². The summed E-state index contributed by atoms with van der Waals surface area (Å²) in [5.74, 6) is 0. The molecule has 1 N–H and O–H groups in total. The minimum Gasteiger partial charge on any atom is -0.392 e. The van der Waals surface area contributed by atoms with Crippen LogP contribution < -0.4 is 0 Å². The van der Waals surface area contributed by atoms with Crippen LogP contribution in [-0.4, -0.2) is 48.1 Å². The Balaban J connectivity index is 1.90. The monoisotopic (exact) mass is 234 g/mol. The number of benzene rings is 1. The van der Waals surface area contributed by atoms with E-state index in [0.29, 0.717) is 0 Å². The van der Waals surface area contributed by atoms with Crippen molar-refractivity contribution in [3.63, 3.8) is 0 Å². The first-order chi connectivity index (χ1) is 8.28. The van der Waals surface area contributed by atoms with Gasteiger partial charge >= 0.3 is 0 Å². The predicted octanol–water partition coefficient (Wildman–Crippen LogP) is 1.32. The van der Waals surface area contributed by atoms with Crippen LogP contribution >= 0.6 is 0 Å². The van der Waals surface area contributed by atoms with Gasteiger partial charge in [-0.15, -0.1) is 0 Å². The van der Waals surface area contributed by atoms with Crippen LogP contribution in [0.1, 0.15) is 17.5 Å². The quantitative estimate of drug-likeness (QED) is 0.854. The third-order valence-corrected chi connectivity index (χ3v) is 3.42. The largest absolute Gasteiger partial charge is 0.392 e. The van der Waals surface area contributed by atoms with Gasteiger partial charge in [-0.3, -0.25) is 4.90 Å². The van der Waals surface area contributed by atoms with Gasteiger partial charge in [0.15, 0.2) is 0 Å². The highest BCUT2D eigenvalue weighted by atomic mass is 16.3. The number of nitrogens with zero attached hydrogens (tertiary/aromatic N) is 2. The smallest absolute Gasteiger partial charge is 0.0681 e. The van der Waals surface area contributed by atoms with Crippen LogP contribution in [0.25, 0.3) is 0 Å². The molecule has 0 saturated carbocycles. The normalized spacial score (nSPS) is 19.2. The van der Waals surface area contributed by atoms with E-state index in [4.69, 9.17) is 5.11 Å². The number of hydrogen-bond donors (Lipinski definition) is 1. The Morgan fingerprint density at radius 2 is 1.71 bits per heavy atom. The number of likely N-dealkylation sites (N-methyl/N-ethyl adjacent to an activating group) is 1. The van der Waals surface area contributed by atoms with Gasteiger partial charge in [0, 0.05) is 19.6 Å². The summed E-state index contributed by atoms with van der Waals surface area (Å²) in [4.78, 5) is 4.91. The van der Waals surface area contributed by atoms with Gasteiger partial charge in [0.1, 0.15) is 0 Å². The van der Waals surface area contributed by atoms with Gasteiger partial charge in [0.05, 0.1) is 6.61 Å². The van der Waals surface area contributed by atoms with Crippen molar-refractivity contribution in [2.45, 2.75) is 19.6 Å². The van der Waals surface area contributed by atoms with Crippen LogP contribution in [0, 0.1) is 0 Å². The van der Waals surface area contributed by atoms with Crippen molar-refractivity contribution in [3.8, 4) is 0 Å². The molecule has 0 aliphatic carbocycles. The highest BCUT2D eigenvalue weighted by molar-refractivity contribution is 5.21. The molecule has 0 atom stereocenters. The molecular weight excluding hydrogens is 212 g/mol. The summed E-state index contributed by atoms with van der Waals surface area (Å²) >= 11 is 0. The Kier molecular flexibility index (Phi) is 4.54. The molecule has 1 fully saturated rings. The summed E-state index contributed by atoms with van der Waals surface area (Å²) in [6, 6.07) is 8.28. The summed E-state index contributed by atoms with van der Waals surface area (Å²) in [6.45, 7) is 5.87. The lowest BCUT2D eigenvalue weighted by Gasteiger charge is -2.20. The maximum Gasteiger partial charge on any atom is 0.0681 e. The zero-order valence-corrected chi connectivity index (χ0v) is 10.6. The van der Waals surface area contributed by atoms with Crippen LogP contribution in [0.5, 0.6) is 0 Å². The Labute approximate surface area is 104 Å². The Hall–Kier alpha value is -0.900. The second-order valence-electron chi connectivity index (χ2n) is 4.91. The Morgan fingerprint density at radius 3 is 2.41 bits per heavy atom. The van der Waals surface area contributed by atoms with E-state index < -0.39 is 0 Å². The van der Waals surface area contributed by atoms with Crippen molar-refractivity contribution in [2.75, 3.05) is 33.2 Å². The average Bonchev–Trinajstić information content (AvgIpc) is 2.56. The van der Waals surface area contributed by atoms with Crippen molar-refractivity contribution < 1.29 is 5.11 Å². The maximum absolute atomic E-state index is 9.00. The summed E-state index contributed by atoms with van der Waals surface area (Å²) in [5, 5.41) is 9.00. The fourth-order valence-electron chi connectivity index (χ4n) is 2.27. The maximum atomic E-state index is 9.00. The van der Waals surface area contributed by atoms with Gasteiger partial charge in [0.25, 0.3) is 0 Å². The molecule has 0 unspecified atom stereocenters. The summed E-state index contributed by atoms with van der Waals surface area (Å²) in [5.41, 5.74) is 2.33. The molecule has 1 saturated heterocycles. The van der Waals surface area contributed by atoms with E-state index in [1.54, 1.807) is 0 Å². The van der Waals surface area contributed by atoms with Crippen LogP contribution in [0.3, 0.4) is 0 Å². The first-order valence-electron chi connectivity index (χ1n) is 6.37. The number of hydrogen-bond acceptors (Lipinski definition) is 3. The predicted molar refractivity (Wildman–Crippen MR) is 69.8 cm³/mol. The first kappa shape index (κ1) is 12.6. The molecule has 17 heavy (non-hydrogen) atoms. The Morgan fingerprint density at radius 1 is 1.00 bits per heavy atom. The van der Waals surface area contributed by atoms with Gasteiger partial charge < -0.3 is 10.0 Å². The highest BCUT2D eigenvalue weighted by Crippen LogP contribution is 2.10. The fraction of sp³-hybridized carbons (Fsp3) is 0.571. The first-order valence-corrected chi connectivity index (χ1v) is 6.37. The van der Waals surface area contributed by atoms with E-state index in [1.807, 2.05) is 12.1 Å². The van der Waals surface area contributed by atoms with Gasteiger partial charge in [-0.1, -0.05) is 24.3 Å². The molecular formula is C14H22N2O. The fourth-order valence-corrected chi connectivity index (χ4v) is 2.27. The van der Waals surface area contributed by atoms with Crippen molar-refractivity contribution in [1.29, 1.82) is 0 Å². The Bertz CT molecular complexity index is 337. The molecule has 0 amide bonds. The molecule has 1 aromatic carbocycles. The van der Waals surface area contributed by atoms with E-state index in [-0.39, 0.29) is 6.61 Å². The lowest BCUT2D eigenvalue weighted by atomic mass is 10.1. The lowest BCUT2D eigenvalue weighted by Crippen LogP contribution is -2.28. The molecule has 94 valence electrons. The molecule has 1 heterocycles. The van der Waals surface area contributed by atoms with Crippen LogP contribution in [0.15, 0.2) is 24.3 Å². The minimum absolute atomic E-state index is 0.134.